The summed E-state index contributed by atoms with van der Waals surface area (Å²) in [4.78, 5) is 12.3. The van der Waals surface area contributed by atoms with Gasteiger partial charge >= 0.3 is 0 Å². The molecular weight excluding hydrogens is 394 g/mol. The van der Waals surface area contributed by atoms with Gasteiger partial charge in [-0.3, -0.25) is 0 Å². The Labute approximate surface area is 182 Å². The monoisotopic (exact) mass is 423 g/mol. The first-order valence-corrected chi connectivity index (χ1v) is 11.2. The summed E-state index contributed by atoms with van der Waals surface area (Å²) >= 11 is 1.84. The van der Waals surface area contributed by atoms with E-state index in [4.69, 9.17) is 9.72 Å². The number of aromatic nitrogens is 1. The number of aromatic hydroxyl groups is 1. The summed E-state index contributed by atoms with van der Waals surface area (Å²) in [6.45, 7) is 4.17. The predicted octanol–water partition coefficient (Wildman–Crippen LogP) is 4.89. The van der Waals surface area contributed by atoms with Crippen LogP contribution in [0.1, 0.15) is 18.2 Å². The second-order valence-electron chi connectivity index (χ2n) is 7.96. The van der Waals surface area contributed by atoms with Crippen molar-refractivity contribution in [3.8, 4) is 33.2 Å². The largest absolute Gasteiger partial charge is 0.504 e. The number of hydrogen-bond acceptors (Lipinski definition) is 6. The van der Waals surface area contributed by atoms with Gasteiger partial charge in [-0.15, -0.1) is 11.3 Å². The number of rotatable bonds is 6. The van der Waals surface area contributed by atoms with Gasteiger partial charge in [0.25, 0.3) is 0 Å². The highest BCUT2D eigenvalue weighted by molar-refractivity contribution is 7.15. The van der Waals surface area contributed by atoms with E-state index in [-0.39, 0.29) is 5.75 Å². The van der Waals surface area contributed by atoms with Crippen LogP contribution in [-0.4, -0.2) is 55.3 Å². The first kappa shape index (κ1) is 20.7. The number of hydrogen-bond donors (Lipinski definition) is 1. The Morgan fingerprint density at radius 1 is 1.17 bits per heavy atom. The molecule has 0 aliphatic carbocycles. The number of anilines is 1. The standard InChI is InChI=1S/C24H29N3O2S/c1-5-19-7-9-23(30-19)17-12-20(16-6-8-21(28)22(13-16)29-4)25-24(14-17)27-11-10-18(15-27)26(2)3/h6-9,12-14,18,28H,5,10-11,15H2,1-4H3. The molecule has 4 rings (SSSR count). The van der Waals surface area contributed by atoms with Crippen LogP contribution >= 0.6 is 11.3 Å². The smallest absolute Gasteiger partial charge is 0.161 e. The molecule has 158 valence electrons. The van der Waals surface area contributed by atoms with Gasteiger partial charge in [0.05, 0.1) is 12.8 Å². The lowest BCUT2D eigenvalue weighted by Gasteiger charge is -2.22. The highest BCUT2D eigenvalue weighted by atomic mass is 32.1. The topological polar surface area (TPSA) is 48.8 Å². The Hall–Kier alpha value is -2.57. The molecule has 2 aromatic heterocycles. The fraction of sp³-hybridized carbons (Fsp3) is 0.375. The van der Waals surface area contributed by atoms with Crippen LogP contribution in [-0.2, 0) is 6.42 Å². The van der Waals surface area contributed by atoms with Crippen LogP contribution in [0.5, 0.6) is 11.5 Å². The zero-order valence-corrected chi connectivity index (χ0v) is 18.9. The molecule has 5 nitrogen and oxygen atoms in total. The van der Waals surface area contributed by atoms with Crippen molar-refractivity contribution in [3.63, 3.8) is 0 Å². The number of nitrogens with zero attached hydrogens (tertiary/aromatic N) is 3. The van der Waals surface area contributed by atoms with E-state index in [9.17, 15) is 5.11 Å². The van der Waals surface area contributed by atoms with E-state index < -0.39 is 0 Å². The Balaban J connectivity index is 1.78. The normalized spacial score (nSPS) is 16.4. The van der Waals surface area contributed by atoms with Crippen molar-refractivity contribution in [2.75, 3.05) is 39.2 Å². The zero-order chi connectivity index (χ0) is 21.3. The average Bonchev–Trinajstić information content (AvgIpc) is 3.44. The minimum atomic E-state index is 0.136. The van der Waals surface area contributed by atoms with Gasteiger partial charge in [-0.25, -0.2) is 4.98 Å². The number of methoxy groups -OCH3 is 1. The summed E-state index contributed by atoms with van der Waals surface area (Å²) in [6.07, 6.45) is 2.18. The molecule has 0 bridgehead atoms. The predicted molar refractivity (Wildman–Crippen MR) is 125 cm³/mol. The van der Waals surface area contributed by atoms with Gasteiger partial charge < -0.3 is 19.6 Å². The first-order valence-electron chi connectivity index (χ1n) is 10.4. The zero-order valence-electron chi connectivity index (χ0n) is 18.1. The molecule has 6 heteroatoms. The van der Waals surface area contributed by atoms with Crippen LogP contribution in [0.25, 0.3) is 21.7 Å². The van der Waals surface area contributed by atoms with Crippen molar-refractivity contribution in [1.82, 2.24) is 9.88 Å². The quantitative estimate of drug-likeness (QED) is 0.611. The molecule has 1 N–H and O–H groups in total. The fourth-order valence-electron chi connectivity index (χ4n) is 3.90. The first-order chi connectivity index (χ1) is 14.5. The highest BCUT2D eigenvalue weighted by Gasteiger charge is 2.25. The molecule has 30 heavy (non-hydrogen) atoms. The molecule has 1 fully saturated rings. The van der Waals surface area contributed by atoms with Gasteiger partial charge in [0.1, 0.15) is 5.82 Å². The fourth-order valence-corrected chi connectivity index (χ4v) is 4.83. The summed E-state index contributed by atoms with van der Waals surface area (Å²) in [7, 11) is 5.85. The molecule has 1 aliphatic rings. The Morgan fingerprint density at radius 2 is 2.00 bits per heavy atom. The molecule has 0 spiro atoms. The second kappa shape index (κ2) is 8.66. The third kappa shape index (κ3) is 4.16. The lowest BCUT2D eigenvalue weighted by molar-refractivity contribution is 0.315. The minimum Gasteiger partial charge on any atom is -0.504 e. The van der Waals surface area contributed by atoms with Crippen molar-refractivity contribution >= 4 is 17.2 Å². The number of ether oxygens (including phenoxy) is 1. The number of benzene rings is 1. The molecule has 1 atom stereocenters. The Kier molecular flexibility index (Phi) is 5.97. The lowest BCUT2D eigenvalue weighted by Crippen LogP contribution is -2.31. The van der Waals surface area contributed by atoms with E-state index >= 15 is 0 Å². The van der Waals surface area contributed by atoms with Gasteiger partial charge in [-0.05, 0) is 75.0 Å². The van der Waals surface area contributed by atoms with Crippen LogP contribution in [0, 0.1) is 0 Å². The molecule has 0 saturated carbocycles. The second-order valence-corrected chi connectivity index (χ2v) is 9.13. The van der Waals surface area contributed by atoms with Gasteiger partial charge in [0.15, 0.2) is 11.5 Å². The molecule has 1 unspecified atom stereocenters. The maximum atomic E-state index is 10.00. The van der Waals surface area contributed by atoms with Crippen molar-refractivity contribution < 1.29 is 9.84 Å². The third-order valence-corrected chi connectivity index (χ3v) is 7.08. The maximum absolute atomic E-state index is 10.00. The van der Waals surface area contributed by atoms with E-state index in [1.54, 1.807) is 13.2 Å². The van der Waals surface area contributed by atoms with E-state index in [0.717, 1.165) is 43.0 Å². The van der Waals surface area contributed by atoms with Crippen LogP contribution in [0.2, 0.25) is 0 Å². The molecule has 0 amide bonds. The van der Waals surface area contributed by atoms with E-state index in [2.05, 4.69) is 55.1 Å². The van der Waals surface area contributed by atoms with E-state index in [1.807, 2.05) is 23.5 Å². The Morgan fingerprint density at radius 3 is 2.67 bits per heavy atom. The number of phenols is 1. The molecule has 0 radical (unpaired) electrons. The molecular formula is C24H29N3O2S. The van der Waals surface area contributed by atoms with Gasteiger partial charge in [0.2, 0.25) is 0 Å². The summed E-state index contributed by atoms with van der Waals surface area (Å²) in [5.74, 6) is 1.60. The summed E-state index contributed by atoms with van der Waals surface area (Å²) in [5, 5.41) is 10.00. The minimum absolute atomic E-state index is 0.136. The summed E-state index contributed by atoms with van der Waals surface area (Å²) < 4.78 is 5.32. The lowest BCUT2D eigenvalue weighted by atomic mass is 10.1. The summed E-state index contributed by atoms with van der Waals surface area (Å²) in [5.41, 5.74) is 3.00. The summed E-state index contributed by atoms with van der Waals surface area (Å²) in [6, 6.07) is 14.7. The molecule has 1 aromatic carbocycles. The van der Waals surface area contributed by atoms with Gasteiger partial charge in [-0.2, -0.15) is 0 Å². The van der Waals surface area contributed by atoms with Crippen LogP contribution < -0.4 is 9.64 Å². The molecule has 1 saturated heterocycles. The number of thiophene rings is 1. The third-order valence-electron chi connectivity index (χ3n) is 5.80. The number of likely N-dealkylation sites (N-methyl/N-ethyl adjacent to an activating group) is 1. The van der Waals surface area contributed by atoms with Crippen LogP contribution in [0.3, 0.4) is 0 Å². The van der Waals surface area contributed by atoms with Crippen molar-refractivity contribution in [3.05, 3.63) is 47.3 Å². The van der Waals surface area contributed by atoms with Crippen LogP contribution in [0.15, 0.2) is 42.5 Å². The van der Waals surface area contributed by atoms with Crippen molar-refractivity contribution in [1.29, 1.82) is 0 Å². The Bertz CT molecular complexity index is 1030. The number of phenolic OH excluding ortho intramolecular Hbond substituents is 1. The number of pyridine rings is 1. The van der Waals surface area contributed by atoms with E-state index in [0.29, 0.717) is 11.8 Å². The van der Waals surface area contributed by atoms with Gasteiger partial charge in [-0.1, -0.05) is 6.92 Å². The van der Waals surface area contributed by atoms with Crippen molar-refractivity contribution in [2.24, 2.45) is 0 Å². The number of aryl methyl sites for hydroxylation is 1. The van der Waals surface area contributed by atoms with Crippen LogP contribution in [0.4, 0.5) is 5.82 Å². The molecule has 1 aliphatic heterocycles. The van der Waals surface area contributed by atoms with E-state index in [1.165, 1.54) is 15.3 Å². The maximum Gasteiger partial charge on any atom is 0.161 e. The van der Waals surface area contributed by atoms with Crippen molar-refractivity contribution in [2.45, 2.75) is 25.8 Å². The SMILES string of the molecule is CCc1ccc(-c2cc(-c3ccc(O)c(OC)c3)nc(N3CCC(N(C)C)C3)c2)s1. The van der Waals surface area contributed by atoms with Gasteiger partial charge in [0, 0.05) is 34.4 Å². The average molecular weight is 424 g/mol. The molecule has 3 aromatic rings. The molecule has 3 heterocycles. The highest BCUT2D eigenvalue weighted by Crippen LogP contribution is 2.36.